The lowest BCUT2D eigenvalue weighted by atomic mass is 10.0. The fourth-order valence-corrected chi connectivity index (χ4v) is 2.28. The van der Waals surface area contributed by atoms with Crippen LogP contribution in [0.15, 0.2) is 36.4 Å². The number of ether oxygens (including phenoxy) is 2. The van der Waals surface area contributed by atoms with Crippen LogP contribution in [0.5, 0.6) is 11.5 Å². The number of aliphatic hydroxyl groups excluding tert-OH is 1. The van der Waals surface area contributed by atoms with Crippen LogP contribution in [0.4, 0.5) is 4.39 Å². The van der Waals surface area contributed by atoms with Gasteiger partial charge in [-0.25, -0.2) is 4.39 Å². The molecule has 0 spiro atoms. The van der Waals surface area contributed by atoms with Gasteiger partial charge in [0.2, 0.25) is 0 Å². The number of hydrogen-bond donors (Lipinski definition) is 1. The smallest absolute Gasteiger partial charge is 0.161 e. The monoisotopic (exact) mass is 310 g/mol. The molecule has 0 aliphatic carbocycles. The highest BCUT2D eigenvalue weighted by Crippen LogP contribution is 2.32. The van der Waals surface area contributed by atoms with Gasteiger partial charge < -0.3 is 14.6 Å². The van der Waals surface area contributed by atoms with E-state index in [1.165, 1.54) is 25.3 Å². The Bertz CT molecular complexity index is 631. The highest BCUT2D eigenvalue weighted by Gasteiger charge is 2.14. The van der Waals surface area contributed by atoms with Crippen LogP contribution in [0, 0.1) is 5.82 Å². The molecule has 0 heterocycles. The summed E-state index contributed by atoms with van der Waals surface area (Å²) >= 11 is 6.01. The maximum Gasteiger partial charge on any atom is 0.161 e. The molecular formula is C16H16ClFO3. The summed E-state index contributed by atoms with van der Waals surface area (Å²) in [7, 11) is 3.07. The van der Waals surface area contributed by atoms with Crippen molar-refractivity contribution in [3.63, 3.8) is 0 Å². The first-order valence-electron chi connectivity index (χ1n) is 6.39. The van der Waals surface area contributed by atoms with Crippen molar-refractivity contribution in [3.8, 4) is 11.5 Å². The van der Waals surface area contributed by atoms with Crippen LogP contribution in [0.2, 0.25) is 5.02 Å². The average molecular weight is 311 g/mol. The summed E-state index contributed by atoms with van der Waals surface area (Å²) in [5.74, 6) is 0.727. The minimum Gasteiger partial charge on any atom is -0.493 e. The molecule has 21 heavy (non-hydrogen) atoms. The third-order valence-corrected chi connectivity index (χ3v) is 3.58. The third kappa shape index (κ3) is 3.65. The Balaban J connectivity index is 2.24. The van der Waals surface area contributed by atoms with Gasteiger partial charge >= 0.3 is 0 Å². The van der Waals surface area contributed by atoms with Gasteiger partial charge in [-0.05, 0) is 41.5 Å². The molecule has 0 bridgehead atoms. The summed E-state index contributed by atoms with van der Waals surface area (Å²) in [4.78, 5) is 0. The zero-order valence-corrected chi connectivity index (χ0v) is 12.5. The Labute approximate surface area is 127 Å². The molecule has 2 aromatic rings. The predicted octanol–water partition coefficient (Wildman–Crippen LogP) is 3.77. The second-order valence-electron chi connectivity index (χ2n) is 4.57. The largest absolute Gasteiger partial charge is 0.493 e. The van der Waals surface area contributed by atoms with Gasteiger partial charge in [-0.3, -0.25) is 0 Å². The zero-order chi connectivity index (χ0) is 15.4. The second kappa shape index (κ2) is 6.78. The van der Waals surface area contributed by atoms with Gasteiger partial charge in [-0.15, -0.1) is 0 Å². The molecule has 0 saturated carbocycles. The van der Waals surface area contributed by atoms with E-state index in [0.29, 0.717) is 27.6 Å². The number of hydrogen-bond acceptors (Lipinski definition) is 3. The van der Waals surface area contributed by atoms with Crippen LogP contribution in [-0.4, -0.2) is 19.3 Å². The molecule has 1 N–H and O–H groups in total. The van der Waals surface area contributed by atoms with Crippen molar-refractivity contribution in [1.82, 2.24) is 0 Å². The summed E-state index contributed by atoms with van der Waals surface area (Å²) < 4.78 is 23.6. The summed E-state index contributed by atoms with van der Waals surface area (Å²) in [5.41, 5.74) is 1.20. The number of methoxy groups -OCH3 is 2. The zero-order valence-electron chi connectivity index (χ0n) is 11.8. The maximum atomic E-state index is 13.2. The molecule has 0 aromatic heterocycles. The molecule has 3 nitrogen and oxygen atoms in total. The van der Waals surface area contributed by atoms with Crippen molar-refractivity contribution in [3.05, 3.63) is 58.4 Å². The Morgan fingerprint density at radius 1 is 1.10 bits per heavy atom. The molecule has 0 aliphatic heterocycles. The van der Waals surface area contributed by atoms with E-state index in [1.807, 2.05) is 0 Å². The van der Waals surface area contributed by atoms with Gasteiger partial charge in [0.1, 0.15) is 5.82 Å². The van der Waals surface area contributed by atoms with E-state index in [0.717, 1.165) is 0 Å². The second-order valence-corrected chi connectivity index (χ2v) is 4.98. The van der Waals surface area contributed by atoms with Crippen molar-refractivity contribution in [2.75, 3.05) is 14.2 Å². The topological polar surface area (TPSA) is 38.7 Å². The first-order chi connectivity index (χ1) is 10.0. The van der Waals surface area contributed by atoms with Crippen LogP contribution < -0.4 is 9.47 Å². The molecule has 112 valence electrons. The van der Waals surface area contributed by atoms with Crippen molar-refractivity contribution in [1.29, 1.82) is 0 Å². The lowest BCUT2D eigenvalue weighted by Crippen LogP contribution is -2.03. The van der Waals surface area contributed by atoms with E-state index in [2.05, 4.69) is 0 Å². The normalized spacial score (nSPS) is 12.0. The SMILES string of the molecule is COc1ccc(C(O)Cc2cc(F)ccc2Cl)cc1OC. The fraction of sp³-hybridized carbons (Fsp3) is 0.250. The maximum absolute atomic E-state index is 13.2. The first-order valence-corrected chi connectivity index (χ1v) is 6.77. The Morgan fingerprint density at radius 2 is 1.81 bits per heavy atom. The summed E-state index contributed by atoms with van der Waals surface area (Å²) in [5, 5.41) is 10.7. The highest BCUT2D eigenvalue weighted by atomic mass is 35.5. The molecule has 2 aromatic carbocycles. The molecular weight excluding hydrogens is 295 g/mol. The number of halogens is 2. The van der Waals surface area contributed by atoms with Crippen LogP contribution in [0.25, 0.3) is 0 Å². The third-order valence-electron chi connectivity index (χ3n) is 3.21. The van der Waals surface area contributed by atoms with E-state index in [1.54, 1.807) is 25.3 Å². The van der Waals surface area contributed by atoms with Crippen LogP contribution in [0.1, 0.15) is 17.2 Å². The van der Waals surface area contributed by atoms with Crippen LogP contribution in [0.3, 0.4) is 0 Å². The highest BCUT2D eigenvalue weighted by molar-refractivity contribution is 6.31. The molecule has 0 fully saturated rings. The quantitative estimate of drug-likeness (QED) is 0.913. The minimum atomic E-state index is -0.816. The lowest BCUT2D eigenvalue weighted by molar-refractivity contribution is 0.178. The average Bonchev–Trinajstić information content (AvgIpc) is 2.50. The molecule has 0 radical (unpaired) electrons. The van der Waals surface area contributed by atoms with Crippen LogP contribution >= 0.6 is 11.6 Å². The van der Waals surface area contributed by atoms with Gasteiger partial charge in [-0.1, -0.05) is 17.7 Å². The molecule has 1 atom stereocenters. The van der Waals surface area contributed by atoms with Crippen molar-refractivity contribution >= 4 is 11.6 Å². The Kier molecular flexibility index (Phi) is 5.04. The molecule has 1 unspecified atom stereocenters. The number of aliphatic hydroxyl groups is 1. The van der Waals surface area contributed by atoms with E-state index in [-0.39, 0.29) is 12.2 Å². The number of benzene rings is 2. The fourth-order valence-electron chi connectivity index (χ4n) is 2.09. The number of rotatable bonds is 5. The molecule has 2 rings (SSSR count). The van der Waals surface area contributed by atoms with Gasteiger partial charge in [0, 0.05) is 11.4 Å². The predicted molar refractivity (Wildman–Crippen MR) is 79.6 cm³/mol. The molecule has 0 saturated heterocycles. The van der Waals surface area contributed by atoms with Crippen LogP contribution in [-0.2, 0) is 6.42 Å². The summed E-state index contributed by atoms with van der Waals surface area (Å²) in [6, 6.07) is 9.23. The van der Waals surface area contributed by atoms with Gasteiger partial charge in [0.15, 0.2) is 11.5 Å². The van der Waals surface area contributed by atoms with Gasteiger partial charge in [0.05, 0.1) is 20.3 Å². The van der Waals surface area contributed by atoms with E-state index >= 15 is 0 Å². The van der Waals surface area contributed by atoms with E-state index in [4.69, 9.17) is 21.1 Å². The molecule has 0 amide bonds. The first kappa shape index (κ1) is 15.6. The standard InChI is InChI=1S/C16H16ClFO3/c1-20-15-6-3-10(9-16(15)21-2)14(19)8-11-7-12(18)4-5-13(11)17/h3-7,9,14,19H,8H2,1-2H3. The molecule has 5 heteroatoms. The lowest BCUT2D eigenvalue weighted by Gasteiger charge is -2.15. The minimum absolute atomic E-state index is 0.214. The van der Waals surface area contributed by atoms with E-state index < -0.39 is 6.10 Å². The Morgan fingerprint density at radius 3 is 2.48 bits per heavy atom. The Hall–Kier alpha value is -1.78. The van der Waals surface area contributed by atoms with Gasteiger partial charge in [-0.2, -0.15) is 0 Å². The van der Waals surface area contributed by atoms with Gasteiger partial charge in [0.25, 0.3) is 0 Å². The van der Waals surface area contributed by atoms with Crippen molar-refractivity contribution in [2.24, 2.45) is 0 Å². The summed E-state index contributed by atoms with van der Waals surface area (Å²) in [6.07, 6.45) is -0.601. The van der Waals surface area contributed by atoms with Crippen molar-refractivity contribution in [2.45, 2.75) is 12.5 Å². The van der Waals surface area contributed by atoms with E-state index in [9.17, 15) is 9.50 Å². The summed E-state index contributed by atoms with van der Waals surface area (Å²) in [6.45, 7) is 0. The molecule has 0 aliphatic rings. The van der Waals surface area contributed by atoms with Crippen molar-refractivity contribution < 1.29 is 19.0 Å².